The van der Waals surface area contributed by atoms with Gasteiger partial charge in [0.25, 0.3) is 0 Å². The van der Waals surface area contributed by atoms with E-state index < -0.39 is 0 Å². The minimum atomic E-state index is 0.250. The number of unbranched alkanes of at least 4 members (excludes halogenated alkanes) is 10. The number of aliphatic hydroxyl groups excluding tert-OH is 2. The van der Waals surface area contributed by atoms with Crippen molar-refractivity contribution in [2.75, 3.05) is 13.2 Å². The lowest BCUT2D eigenvalue weighted by atomic mass is 9.98. The predicted molar refractivity (Wildman–Crippen MR) is 182 cm³/mol. The number of pyridine rings is 2. The molecule has 0 fully saturated rings. The summed E-state index contributed by atoms with van der Waals surface area (Å²) >= 11 is 0. The molecule has 4 heteroatoms. The largest absolute Gasteiger partial charge is 0.396 e. The van der Waals surface area contributed by atoms with Gasteiger partial charge in [0.05, 0.1) is 0 Å². The molecule has 4 aromatic rings. The molecule has 0 bridgehead atoms. The van der Waals surface area contributed by atoms with Crippen LogP contribution in [0.2, 0.25) is 0 Å². The average molecular weight is 595 g/mol. The number of hydrogen-bond donors (Lipinski definition) is 2. The van der Waals surface area contributed by atoms with Gasteiger partial charge in [-0.3, -0.25) is 0 Å². The molecule has 0 amide bonds. The molecule has 4 rings (SSSR count). The fraction of sp³-hybridized carbons (Fsp3) is 0.450. The number of aliphatic hydroxyl groups is 2. The maximum Gasteiger partial charge on any atom is 0.213 e. The first-order valence-corrected chi connectivity index (χ1v) is 17.0. The fourth-order valence-corrected chi connectivity index (χ4v) is 5.96. The van der Waals surface area contributed by atoms with Crippen molar-refractivity contribution >= 4 is 0 Å². The monoisotopic (exact) mass is 594 g/mol. The molecule has 2 aromatic heterocycles. The number of hydrogen-bond acceptors (Lipinski definition) is 2. The van der Waals surface area contributed by atoms with Crippen LogP contribution >= 0.6 is 0 Å². The van der Waals surface area contributed by atoms with Crippen LogP contribution in [0.25, 0.3) is 33.6 Å². The first-order chi connectivity index (χ1) is 21.6. The van der Waals surface area contributed by atoms with Gasteiger partial charge in [0.2, 0.25) is 11.4 Å². The molecule has 2 N–H and O–H groups in total. The third kappa shape index (κ3) is 10.4. The number of benzene rings is 2. The van der Waals surface area contributed by atoms with Crippen molar-refractivity contribution in [3.63, 3.8) is 0 Å². The van der Waals surface area contributed by atoms with Crippen LogP contribution in [0.5, 0.6) is 0 Å². The molecular formula is C40H54N2O2+2. The summed E-state index contributed by atoms with van der Waals surface area (Å²) in [4.78, 5) is 0. The Morgan fingerprint density at radius 3 is 1.32 bits per heavy atom. The van der Waals surface area contributed by atoms with Gasteiger partial charge in [-0.05, 0) is 74.9 Å². The molecule has 0 radical (unpaired) electrons. The van der Waals surface area contributed by atoms with Crippen LogP contribution in [0.15, 0.2) is 85.2 Å². The van der Waals surface area contributed by atoms with E-state index in [9.17, 15) is 5.11 Å². The standard InChI is InChI=1S/C40H54N2O2/c1-33-15-19-36(20-16-33)39-31-38(32-40(37-21-17-34(2)18-22-37)42(39)26-12-10-14-30-44)35-23-27-41(28-24-35)25-11-8-6-4-3-5-7-9-13-29-43/h15-24,27-28,31-32,43-44H,3-14,25-26,29-30H2,1-2H3/q+2. The third-order valence-electron chi connectivity index (χ3n) is 8.70. The minimum Gasteiger partial charge on any atom is -0.396 e. The van der Waals surface area contributed by atoms with Crippen LogP contribution in [-0.4, -0.2) is 23.4 Å². The average Bonchev–Trinajstić information content (AvgIpc) is 3.05. The van der Waals surface area contributed by atoms with E-state index in [1.807, 2.05) is 0 Å². The lowest BCUT2D eigenvalue weighted by Gasteiger charge is -2.13. The van der Waals surface area contributed by atoms with Crippen LogP contribution < -0.4 is 9.13 Å². The van der Waals surface area contributed by atoms with Crippen molar-refractivity contribution in [3.05, 3.63) is 96.3 Å². The second kappa shape index (κ2) is 18.5. The van der Waals surface area contributed by atoms with Crippen LogP contribution in [0.4, 0.5) is 0 Å². The molecule has 0 saturated heterocycles. The normalized spacial score (nSPS) is 11.3. The van der Waals surface area contributed by atoms with Gasteiger partial charge in [-0.15, -0.1) is 0 Å². The molecule has 0 saturated carbocycles. The van der Waals surface area contributed by atoms with E-state index in [0.717, 1.165) is 45.2 Å². The summed E-state index contributed by atoms with van der Waals surface area (Å²) in [6, 6.07) is 27.0. The quantitative estimate of drug-likeness (QED) is 0.0844. The highest BCUT2D eigenvalue weighted by Gasteiger charge is 2.23. The molecule has 0 spiro atoms. The van der Waals surface area contributed by atoms with E-state index in [1.165, 1.54) is 89.7 Å². The van der Waals surface area contributed by atoms with E-state index in [0.29, 0.717) is 6.61 Å². The van der Waals surface area contributed by atoms with E-state index in [1.54, 1.807) is 0 Å². The van der Waals surface area contributed by atoms with Gasteiger partial charge in [-0.25, -0.2) is 4.57 Å². The molecule has 2 aromatic carbocycles. The molecule has 0 aliphatic heterocycles. The Labute approximate surface area is 266 Å². The minimum absolute atomic E-state index is 0.250. The van der Waals surface area contributed by atoms with Crippen molar-refractivity contribution < 1.29 is 19.3 Å². The Hall–Kier alpha value is -3.34. The zero-order valence-corrected chi connectivity index (χ0v) is 27.2. The van der Waals surface area contributed by atoms with Gasteiger partial charge in [0.15, 0.2) is 12.4 Å². The molecule has 0 aliphatic rings. The van der Waals surface area contributed by atoms with Crippen molar-refractivity contribution in [1.82, 2.24) is 0 Å². The van der Waals surface area contributed by atoms with Gasteiger partial charge in [-0.1, -0.05) is 73.9 Å². The van der Waals surface area contributed by atoms with Crippen LogP contribution in [0, 0.1) is 13.8 Å². The number of rotatable bonds is 19. The highest BCUT2D eigenvalue weighted by atomic mass is 16.3. The molecule has 4 nitrogen and oxygen atoms in total. The van der Waals surface area contributed by atoms with E-state index in [4.69, 9.17) is 5.11 Å². The van der Waals surface area contributed by atoms with Crippen molar-refractivity contribution in [2.45, 2.75) is 104 Å². The number of nitrogens with zero attached hydrogens (tertiary/aromatic N) is 2. The summed E-state index contributed by atoms with van der Waals surface area (Å²) in [6.45, 7) is 6.83. The Morgan fingerprint density at radius 2 is 0.841 bits per heavy atom. The second-order valence-corrected chi connectivity index (χ2v) is 12.4. The van der Waals surface area contributed by atoms with Crippen molar-refractivity contribution in [3.8, 4) is 33.6 Å². The molecule has 234 valence electrons. The Bertz CT molecular complexity index is 1310. The summed E-state index contributed by atoms with van der Waals surface area (Å²) in [5, 5.41) is 18.3. The van der Waals surface area contributed by atoms with Crippen molar-refractivity contribution in [1.29, 1.82) is 0 Å². The first-order valence-electron chi connectivity index (χ1n) is 17.0. The van der Waals surface area contributed by atoms with Crippen LogP contribution in [0.3, 0.4) is 0 Å². The highest BCUT2D eigenvalue weighted by molar-refractivity contribution is 5.73. The molecule has 0 atom stereocenters. The molecule has 0 aliphatic carbocycles. The number of aromatic nitrogens is 2. The van der Waals surface area contributed by atoms with Crippen LogP contribution in [-0.2, 0) is 13.1 Å². The summed E-state index contributed by atoms with van der Waals surface area (Å²) < 4.78 is 4.80. The van der Waals surface area contributed by atoms with Gasteiger partial charge in [0, 0.05) is 61.4 Å². The zero-order valence-electron chi connectivity index (χ0n) is 27.2. The lowest BCUT2D eigenvalue weighted by Crippen LogP contribution is -2.39. The van der Waals surface area contributed by atoms with E-state index in [2.05, 4.69) is 108 Å². The Balaban J connectivity index is 1.53. The predicted octanol–water partition coefficient (Wildman–Crippen LogP) is 8.55. The third-order valence-corrected chi connectivity index (χ3v) is 8.70. The Morgan fingerprint density at radius 1 is 0.432 bits per heavy atom. The van der Waals surface area contributed by atoms with Gasteiger partial charge in [-0.2, -0.15) is 4.57 Å². The maximum absolute atomic E-state index is 9.37. The molecule has 2 heterocycles. The van der Waals surface area contributed by atoms with Gasteiger partial charge >= 0.3 is 0 Å². The van der Waals surface area contributed by atoms with Gasteiger partial charge in [0.1, 0.15) is 13.1 Å². The molecular weight excluding hydrogens is 540 g/mol. The maximum atomic E-state index is 9.37. The van der Waals surface area contributed by atoms with Gasteiger partial charge < -0.3 is 10.2 Å². The first kappa shape index (κ1) is 33.6. The highest BCUT2D eigenvalue weighted by Crippen LogP contribution is 2.29. The fourth-order valence-electron chi connectivity index (χ4n) is 5.96. The Kier molecular flexibility index (Phi) is 14.1. The summed E-state index contributed by atoms with van der Waals surface area (Å²) in [7, 11) is 0. The number of aryl methyl sites for hydroxylation is 3. The zero-order chi connectivity index (χ0) is 31.0. The SMILES string of the molecule is Cc1ccc(-c2cc(-c3cc[n+](CCCCCCCCCCCO)cc3)cc(-c3ccc(C)cc3)[n+]2CCCCCO)cc1. The summed E-state index contributed by atoms with van der Waals surface area (Å²) in [6.07, 6.45) is 18.5. The lowest BCUT2D eigenvalue weighted by molar-refractivity contribution is -0.697. The van der Waals surface area contributed by atoms with Crippen molar-refractivity contribution in [2.24, 2.45) is 0 Å². The van der Waals surface area contributed by atoms with E-state index >= 15 is 0 Å². The summed E-state index contributed by atoms with van der Waals surface area (Å²) in [5.74, 6) is 0. The molecule has 44 heavy (non-hydrogen) atoms. The second-order valence-electron chi connectivity index (χ2n) is 12.4. The smallest absolute Gasteiger partial charge is 0.213 e. The van der Waals surface area contributed by atoms with E-state index in [-0.39, 0.29) is 6.61 Å². The molecule has 0 unspecified atom stereocenters. The van der Waals surface area contributed by atoms with Crippen LogP contribution in [0.1, 0.15) is 88.2 Å². The summed E-state index contributed by atoms with van der Waals surface area (Å²) in [5.41, 5.74) is 9.90. The topological polar surface area (TPSA) is 48.2 Å².